The lowest BCUT2D eigenvalue weighted by atomic mass is 9.91. The molecule has 2 saturated heterocycles. The third-order valence-electron chi connectivity index (χ3n) is 5.93. The van der Waals surface area contributed by atoms with Crippen LogP contribution in [0.3, 0.4) is 0 Å². The number of piperidine rings is 1. The molecule has 122 valence electrons. The van der Waals surface area contributed by atoms with Gasteiger partial charge in [-0.05, 0) is 38.8 Å². The molecule has 0 spiro atoms. The third kappa shape index (κ3) is 4.19. The Kier molecular flexibility index (Phi) is 5.92. The number of hydrogen-bond acceptors (Lipinski definition) is 4. The van der Waals surface area contributed by atoms with Gasteiger partial charge in [0.2, 0.25) is 0 Å². The summed E-state index contributed by atoms with van der Waals surface area (Å²) in [6.07, 6.45) is 10.0. The van der Waals surface area contributed by atoms with Crippen LogP contribution in [0.5, 0.6) is 0 Å². The van der Waals surface area contributed by atoms with Crippen molar-refractivity contribution < 1.29 is 5.11 Å². The molecule has 1 saturated carbocycles. The smallest absolute Gasteiger partial charge is 0.0558 e. The summed E-state index contributed by atoms with van der Waals surface area (Å²) < 4.78 is 0. The fourth-order valence-electron chi connectivity index (χ4n) is 4.56. The lowest BCUT2D eigenvalue weighted by Gasteiger charge is -2.45. The van der Waals surface area contributed by atoms with Gasteiger partial charge in [0.1, 0.15) is 0 Å². The highest BCUT2D eigenvalue weighted by molar-refractivity contribution is 4.86. The molecule has 0 atom stereocenters. The maximum absolute atomic E-state index is 9.03. The zero-order valence-corrected chi connectivity index (χ0v) is 13.6. The van der Waals surface area contributed by atoms with Gasteiger partial charge >= 0.3 is 0 Å². The standard InChI is InChI=1S/C17H33N3O/c21-15-14-18-10-12-20(13-11-18)17-6-8-19(9-7-17)16-4-2-1-3-5-16/h16-17,21H,1-15H2. The second kappa shape index (κ2) is 7.91. The Bertz CT molecular complexity index is 290. The molecule has 2 aliphatic heterocycles. The molecule has 4 heteroatoms. The molecule has 0 bridgehead atoms. The number of aliphatic hydroxyl groups excluding tert-OH is 1. The first kappa shape index (κ1) is 15.7. The van der Waals surface area contributed by atoms with E-state index in [2.05, 4.69) is 14.7 Å². The van der Waals surface area contributed by atoms with Crippen LogP contribution in [0.4, 0.5) is 0 Å². The van der Waals surface area contributed by atoms with E-state index < -0.39 is 0 Å². The van der Waals surface area contributed by atoms with Gasteiger partial charge in [0.15, 0.2) is 0 Å². The van der Waals surface area contributed by atoms with Crippen LogP contribution in [-0.2, 0) is 0 Å². The average molecular weight is 295 g/mol. The van der Waals surface area contributed by atoms with E-state index in [1.807, 2.05) is 0 Å². The van der Waals surface area contributed by atoms with E-state index in [4.69, 9.17) is 5.11 Å². The SMILES string of the molecule is OCCN1CCN(C2CCN(C3CCCCC3)CC2)CC1. The van der Waals surface area contributed by atoms with Gasteiger partial charge in [-0.3, -0.25) is 9.80 Å². The molecule has 2 heterocycles. The summed E-state index contributed by atoms with van der Waals surface area (Å²) in [6.45, 7) is 8.50. The molecule has 0 radical (unpaired) electrons. The molecule has 1 aliphatic carbocycles. The molecule has 0 aromatic heterocycles. The third-order valence-corrected chi connectivity index (χ3v) is 5.93. The van der Waals surface area contributed by atoms with Crippen LogP contribution >= 0.6 is 0 Å². The van der Waals surface area contributed by atoms with Crippen molar-refractivity contribution in [3.05, 3.63) is 0 Å². The van der Waals surface area contributed by atoms with Crippen molar-refractivity contribution in [2.24, 2.45) is 0 Å². The first-order valence-corrected chi connectivity index (χ1v) is 9.18. The van der Waals surface area contributed by atoms with E-state index in [-0.39, 0.29) is 0 Å². The summed E-state index contributed by atoms with van der Waals surface area (Å²) >= 11 is 0. The van der Waals surface area contributed by atoms with Crippen molar-refractivity contribution >= 4 is 0 Å². The predicted molar refractivity (Wildman–Crippen MR) is 86.6 cm³/mol. The Morgan fingerprint density at radius 3 is 1.86 bits per heavy atom. The minimum Gasteiger partial charge on any atom is -0.395 e. The van der Waals surface area contributed by atoms with Gasteiger partial charge < -0.3 is 10.0 Å². The number of β-amino-alcohol motifs (C(OH)–C–C–N with tert-alkyl or cyclic N) is 1. The monoisotopic (exact) mass is 295 g/mol. The van der Waals surface area contributed by atoms with Crippen molar-refractivity contribution in [1.82, 2.24) is 14.7 Å². The van der Waals surface area contributed by atoms with Crippen LogP contribution in [0.25, 0.3) is 0 Å². The second-order valence-electron chi connectivity index (χ2n) is 7.16. The Hall–Kier alpha value is -0.160. The van der Waals surface area contributed by atoms with Crippen molar-refractivity contribution in [3.8, 4) is 0 Å². The second-order valence-corrected chi connectivity index (χ2v) is 7.16. The van der Waals surface area contributed by atoms with Crippen molar-refractivity contribution in [2.75, 3.05) is 52.4 Å². The van der Waals surface area contributed by atoms with E-state index in [1.54, 1.807) is 0 Å². The Labute approximate surface area is 130 Å². The Morgan fingerprint density at radius 1 is 0.667 bits per heavy atom. The molecular formula is C17H33N3O. The number of aliphatic hydroxyl groups is 1. The van der Waals surface area contributed by atoms with Gasteiger partial charge in [-0.2, -0.15) is 0 Å². The van der Waals surface area contributed by atoms with Gasteiger partial charge in [-0.15, -0.1) is 0 Å². The van der Waals surface area contributed by atoms with E-state index >= 15 is 0 Å². The molecule has 3 rings (SSSR count). The molecule has 1 N–H and O–H groups in total. The predicted octanol–water partition coefficient (Wildman–Crippen LogP) is 1.39. The highest BCUT2D eigenvalue weighted by Crippen LogP contribution is 2.26. The van der Waals surface area contributed by atoms with Gasteiger partial charge in [-0.1, -0.05) is 19.3 Å². The molecule has 3 aliphatic rings. The van der Waals surface area contributed by atoms with Crippen molar-refractivity contribution in [1.29, 1.82) is 0 Å². The maximum Gasteiger partial charge on any atom is 0.0558 e. The molecule has 4 nitrogen and oxygen atoms in total. The number of likely N-dealkylation sites (tertiary alicyclic amines) is 1. The van der Waals surface area contributed by atoms with Crippen LogP contribution in [0.2, 0.25) is 0 Å². The minimum atomic E-state index is 0.305. The number of piperazine rings is 1. The summed E-state index contributed by atoms with van der Waals surface area (Å²) in [6, 6.07) is 1.72. The zero-order valence-electron chi connectivity index (χ0n) is 13.6. The Morgan fingerprint density at radius 2 is 1.24 bits per heavy atom. The van der Waals surface area contributed by atoms with E-state index in [9.17, 15) is 0 Å². The number of rotatable bonds is 4. The topological polar surface area (TPSA) is 30.0 Å². The quantitative estimate of drug-likeness (QED) is 0.849. The fraction of sp³-hybridized carbons (Fsp3) is 1.00. The maximum atomic E-state index is 9.03. The molecular weight excluding hydrogens is 262 g/mol. The van der Waals surface area contributed by atoms with E-state index in [0.717, 1.165) is 31.7 Å². The van der Waals surface area contributed by atoms with E-state index in [1.165, 1.54) is 71.1 Å². The summed E-state index contributed by atoms with van der Waals surface area (Å²) in [4.78, 5) is 7.90. The van der Waals surface area contributed by atoms with Crippen LogP contribution in [0.1, 0.15) is 44.9 Å². The molecule has 21 heavy (non-hydrogen) atoms. The summed E-state index contributed by atoms with van der Waals surface area (Å²) in [5.74, 6) is 0. The molecule has 0 aromatic carbocycles. The number of nitrogens with zero attached hydrogens (tertiary/aromatic N) is 3. The summed E-state index contributed by atoms with van der Waals surface area (Å²) in [5, 5.41) is 9.03. The van der Waals surface area contributed by atoms with Crippen LogP contribution in [-0.4, -0.2) is 84.3 Å². The molecule has 0 amide bonds. The molecule has 3 fully saturated rings. The van der Waals surface area contributed by atoms with Crippen LogP contribution in [0, 0.1) is 0 Å². The largest absolute Gasteiger partial charge is 0.395 e. The first-order valence-electron chi connectivity index (χ1n) is 9.18. The lowest BCUT2D eigenvalue weighted by Crippen LogP contribution is -2.54. The summed E-state index contributed by atoms with van der Waals surface area (Å²) in [7, 11) is 0. The Balaban J connectivity index is 1.39. The highest BCUT2D eigenvalue weighted by atomic mass is 16.3. The molecule has 0 aromatic rings. The fourth-order valence-corrected chi connectivity index (χ4v) is 4.56. The van der Waals surface area contributed by atoms with E-state index in [0.29, 0.717) is 6.61 Å². The number of hydrogen-bond donors (Lipinski definition) is 1. The van der Waals surface area contributed by atoms with Gasteiger partial charge in [0.05, 0.1) is 6.61 Å². The average Bonchev–Trinajstić information content (AvgIpc) is 2.57. The van der Waals surface area contributed by atoms with Crippen molar-refractivity contribution in [2.45, 2.75) is 57.0 Å². The molecule has 0 unspecified atom stereocenters. The van der Waals surface area contributed by atoms with Crippen LogP contribution in [0.15, 0.2) is 0 Å². The van der Waals surface area contributed by atoms with Crippen molar-refractivity contribution in [3.63, 3.8) is 0 Å². The lowest BCUT2D eigenvalue weighted by molar-refractivity contribution is 0.0376. The van der Waals surface area contributed by atoms with Gasteiger partial charge in [0.25, 0.3) is 0 Å². The van der Waals surface area contributed by atoms with Gasteiger partial charge in [-0.25, -0.2) is 0 Å². The zero-order chi connectivity index (χ0) is 14.5. The van der Waals surface area contributed by atoms with Crippen LogP contribution < -0.4 is 0 Å². The normalized spacial score (nSPS) is 29.0. The summed E-state index contributed by atoms with van der Waals surface area (Å²) in [5.41, 5.74) is 0. The first-order chi connectivity index (χ1) is 10.4. The van der Waals surface area contributed by atoms with Gasteiger partial charge in [0, 0.05) is 44.8 Å². The highest BCUT2D eigenvalue weighted by Gasteiger charge is 2.30. The minimum absolute atomic E-state index is 0.305.